The number of ketones is 1. The Bertz CT molecular complexity index is 935. The summed E-state index contributed by atoms with van der Waals surface area (Å²) in [5, 5.41) is 1.23. The van der Waals surface area contributed by atoms with Crippen molar-refractivity contribution in [1.29, 1.82) is 0 Å². The molecule has 0 spiro atoms. The highest BCUT2D eigenvalue weighted by atomic mass is 32.2. The van der Waals surface area contributed by atoms with Gasteiger partial charge in [-0.2, -0.15) is 0 Å². The van der Waals surface area contributed by atoms with Crippen LogP contribution in [0.3, 0.4) is 0 Å². The summed E-state index contributed by atoms with van der Waals surface area (Å²) < 4.78 is 1.70. The maximum absolute atomic E-state index is 12.8. The highest BCUT2D eigenvalue weighted by Crippen LogP contribution is 2.19. The summed E-state index contributed by atoms with van der Waals surface area (Å²) >= 11 is 1.33. The largest absolute Gasteiger partial charge is 0.293 e. The summed E-state index contributed by atoms with van der Waals surface area (Å²) in [5.41, 5.74) is 1.32. The number of carbonyl (C=O) groups excluding carboxylic acids is 1. The zero-order chi connectivity index (χ0) is 17.6. The number of hydrogen-bond donors (Lipinski definition) is 0. The van der Waals surface area contributed by atoms with Crippen molar-refractivity contribution in [2.75, 3.05) is 5.75 Å². The first-order chi connectivity index (χ1) is 12.2. The van der Waals surface area contributed by atoms with Crippen LogP contribution in [-0.4, -0.2) is 21.1 Å². The number of fused-ring (bicyclic) bond motifs is 1. The minimum absolute atomic E-state index is 0.0336. The lowest BCUT2D eigenvalue weighted by Gasteiger charge is -2.12. The first-order valence-electron chi connectivity index (χ1n) is 8.41. The van der Waals surface area contributed by atoms with E-state index < -0.39 is 0 Å². The Morgan fingerprint density at radius 3 is 2.56 bits per heavy atom. The number of Topliss-reactive ketones (excluding diaryl/α,β-unsaturated/α-hetero) is 1. The molecular weight excluding hydrogens is 332 g/mol. The molecule has 2 aromatic carbocycles. The van der Waals surface area contributed by atoms with Crippen LogP contribution in [-0.2, 0) is 6.54 Å². The van der Waals surface area contributed by atoms with Crippen LogP contribution in [0.2, 0.25) is 0 Å². The minimum Gasteiger partial charge on any atom is -0.293 e. The monoisotopic (exact) mass is 352 g/mol. The molecule has 0 radical (unpaired) electrons. The molecule has 1 aromatic heterocycles. The molecule has 3 rings (SSSR count). The van der Waals surface area contributed by atoms with Crippen LogP contribution in [0.25, 0.3) is 10.9 Å². The van der Waals surface area contributed by atoms with E-state index in [4.69, 9.17) is 0 Å². The van der Waals surface area contributed by atoms with Gasteiger partial charge in [-0.15, -0.1) is 0 Å². The van der Waals surface area contributed by atoms with Crippen LogP contribution in [0.5, 0.6) is 0 Å². The van der Waals surface area contributed by atoms with Crippen LogP contribution in [0.15, 0.2) is 64.5 Å². The smallest absolute Gasteiger partial charge is 0.262 e. The molecule has 0 amide bonds. The quantitative estimate of drug-likeness (QED) is 0.364. The van der Waals surface area contributed by atoms with E-state index in [1.165, 1.54) is 11.8 Å². The second-order valence-electron chi connectivity index (χ2n) is 5.80. The van der Waals surface area contributed by atoms with Gasteiger partial charge in [-0.25, -0.2) is 4.98 Å². The van der Waals surface area contributed by atoms with E-state index in [1.807, 2.05) is 36.4 Å². The number of hydrogen-bond acceptors (Lipinski definition) is 4. The zero-order valence-corrected chi connectivity index (χ0v) is 15.0. The van der Waals surface area contributed by atoms with Crippen LogP contribution in [0, 0.1) is 0 Å². The first-order valence-corrected chi connectivity index (χ1v) is 9.40. The number of thioether (sulfide) groups is 1. The number of rotatable bonds is 7. The molecule has 128 valence electrons. The van der Waals surface area contributed by atoms with Crippen molar-refractivity contribution in [2.45, 2.75) is 31.5 Å². The number of carbonyl (C=O) groups is 1. The van der Waals surface area contributed by atoms with Gasteiger partial charge in [0.2, 0.25) is 0 Å². The number of unbranched alkanes of at least 4 members (excludes halogenated alkanes) is 1. The molecule has 0 saturated carbocycles. The number of benzene rings is 2. The molecule has 5 heteroatoms. The van der Waals surface area contributed by atoms with E-state index >= 15 is 0 Å². The second-order valence-corrected chi connectivity index (χ2v) is 6.74. The highest BCUT2D eigenvalue weighted by Gasteiger charge is 2.13. The lowest BCUT2D eigenvalue weighted by Crippen LogP contribution is -2.23. The van der Waals surface area contributed by atoms with Gasteiger partial charge in [0.1, 0.15) is 0 Å². The van der Waals surface area contributed by atoms with Crippen molar-refractivity contribution in [3.8, 4) is 0 Å². The minimum atomic E-state index is -0.0336. The van der Waals surface area contributed by atoms with Gasteiger partial charge in [0.25, 0.3) is 5.56 Å². The van der Waals surface area contributed by atoms with Crippen molar-refractivity contribution in [3.63, 3.8) is 0 Å². The van der Waals surface area contributed by atoms with Crippen LogP contribution in [0.1, 0.15) is 30.1 Å². The van der Waals surface area contributed by atoms with Gasteiger partial charge >= 0.3 is 0 Å². The van der Waals surface area contributed by atoms with Gasteiger partial charge in [0.05, 0.1) is 16.7 Å². The van der Waals surface area contributed by atoms with E-state index in [0.717, 1.165) is 12.8 Å². The molecule has 4 nitrogen and oxygen atoms in total. The molecule has 0 aliphatic carbocycles. The summed E-state index contributed by atoms with van der Waals surface area (Å²) in [4.78, 5) is 29.8. The molecule has 1 heterocycles. The standard InChI is InChI=1S/C20H20N2O2S/c1-2-3-13-22-19(24)16-11-7-8-12-17(16)21-20(22)25-14-18(23)15-9-5-4-6-10-15/h4-12H,2-3,13-14H2,1H3. The van der Waals surface area contributed by atoms with Gasteiger partial charge in [0.15, 0.2) is 10.9 Å². The molecule has 3 aromatic rings. The summed E-state index contributed by atoms with van der Waals surface area (Å²) in [5.74, 6) is 0.302. The average molecular weight is 352 g/mol. The Morgan fingerprint density at radius 1 is 1.08 bits per heavy atom. The Labute approximate surface area is 150 Å². The molecule has 25 heavy (non-hydrogen) atoms. The van der Waals surface area contributed by atoms with E-state index in [9.17, 15) is 9.59 Å². The van der Waals surface area contributed by atoms with Crippen LogP contribution < -0.4 is 5.56 Å². The van der Waals surface area contributed by atoms with E-state index in [2.05, 4.69) is 11.9 Å². The molecular formula is C20H20N2O2S. The molecule has 0 saturated heterocycles. The lowest BCUT2D eigenvalue weighted by atomic mass is 10.2. The fourth-order valence-electron chi connectivity index (χ4n) is 2.61. The van der Waals surface area contributed by atoms with Gasteiger partial charge in [-0.1, -0.05) is 67.6 Å². The molecule has 0 unspecified atom stereocenters. The third kappa shape index (κ3) is 3.99. The van der Waals surface area contributed by atoms with Gasteiger partial charge < -0.3 is 0 Å². The third-order valence-electron chi connectivity index (χ3n) is 3.99. The Kier molecular flexibility index (Phi) is 5.66. The Hall–Kier alpha value is -2.40. The SMILES string of the molecule is CCCCn1c(SCC(=O)c2ccccc2)nc2ccccc2c1=O. The van der Waals surface area contributed by atoms with Gasteiger partial charge in [-0.05, 0) is 18.6 Å². The van der Waals surface area contributed by atoms with E-state index in [-0.39, 0.29) is 17.1 Å². The van der Waals surface area contributed by atoms with Crippen LogP contribution in [0.4, 0.5) is 0 Å². The number of nitrogens with zero attached hydrogens (tertiary/aromatic N) is 2. The third-order valence-corrected chi connectivity index (χ3v) is 4.97. The van der Waals surface area contributed by atoms with Crippen LogP contribution >= 0.6 is 11.8 Å². The Balaban J connectivity index is 1.91. The highest BCUT2D eigenvalue weighted by molar-refractivity contribution is 7.99. The first kappa shape index (κ1) is 17.4. The number of aromatic nitrogens is 2. The fourth-order valence-corrected chi connectivity index (χ4v) is 3.53. The maximum Gasteiger partial charge on any atom is 0.262 e. The maximum atomic E-state index is 12.8. The molecule has 0 bridgehead atoms. The van der Waals surface area contributed by atoms with Gasteiger partial charge in [0, 0.05) is 12.1 Å². The van der Waals surface area contributed by atoms with Gasteiger partial charge in [-0.3, -0.25) is 14.2 Å². The van der Waals surface area contributed by atoms with Crippen molar-refractivity contribution < 1.29 is 4.79 Å². The summed E-state index contributed by atoms with van der Waals surface area (Å²) in [7, 11) is 0. The summed E-state index contributed by atoms with van der Waals surface area (Å²) in [6.45, 7) is 2.71. The zero-order valence-electron chi connectivity index (χ0n) is 14.1. The summed E-state index contributed by atoms with van der Waals surface area (Å²) in [6.07, 6.45) is 1.90. The molecule has 0 atom stereocenters. The van der Waals surface area contributed by atoms with E-state index in [1.54, 1.807) is 22.8 Å². The second kappa shape index (κ2) is 8.12. The normalized spacial score (nSPS) is 10.9. The molecule has 0 fully saturated rings. The van der Waals surface area contributed by atoms with Crippen molar-refractivity contribution in [1.82, 2.24) is 9.55 Å². The summed E-state index contributed by atoms with van der Waals surface area (Å²) in [6, 6.07) is 16.6. The number of para-hydroxylation sites is 1. The average Bonchev–Trinajstić information content (AvgIpc) is 2.66. The predicted molar refractivity (Wildman–Crippen MR) is 102 cm³/mol. The van der Waals surface area contributed by atoms with Crippen molar-refractivity contribution >= 4 is 28.4 Å². The Morgan fingerprint density at radius 2 is 1.80 bits per heavy atom. The molecule has 0 aliphatic heterocycles. The topological polar surface area (TPSA) is 52.0 Å². The molecule has 0 N–H and O–H groups in total. The predicted octanol–water partition coefficient (Wildman–Crippen LogP) is 4.17. The van der Waals surface area contributed by atoms with E-state index in [0.29, 0.717) is 28.2 Å². The fraction of sp³-hybridized carbons (Fsp3) is 0.250. The van der Waals surface area contributed by atoms with Crippen molar-refractivity contribution in [2.24, 2.45) is 0 Å². The lowest BCUT2D eigenvalue weighted by molar-refractivity contribution is 0.102. The molecule has 0 aliphatic rings. The van der Waals surface area contributed by atoms with Crippen molar-refractivity contribution in [3.05, 3.63) is 70.5 Å².